The molecule has 1 saturated heterocycles. The van der Waals surface area contributed by atoms with Gasteiger partial charge >= 0.3 is 0 Å². The molecule has 0 aromatic heterocycles. The molecule has 1 heterocycles. The topological polar surface area (TPSA) is 49.8 Å². The molecule has 0 saturated carbocycles. The highest BCUT2D eigenvalue weighted by Crippen LogP contribution is 2.20. The van der Waals surface area contributed by atoms with Gasteiger partial charge in [-0.25, -0.2) is 0 Å². The molecule has 1 rings (SSSR count). The standard InChI is InChI=1S/C11H19NO.C5H10O2/c1-3-7-12-8-5-10(6-9-12)11(13)4-2;1-5(2,3)7-4-6/h3-4,10-11,13H,1-2,5-9H2;4H,1-3H3. The molecule has 0 radical (unpaired) electrons. The van der Waals surface area contributed by atoms with Crippen molar-refractivity contribution in [3.05, 3.63) is 25.3 Å². The van der Waals surface area contributed by atoms with Crippen LogP contribution >= 0.6 is 0 Å². The molecule has 1 fully saturated rings. The fraction of sp³-hybridized carbons (Fsp3) is 0.688. The summed E-state index contributed by atoms with van der Waals surface area (Å²) in [5, 5.41) is 9.54. The van der Waals surface area contributed by atoms with Gasteiger partial charge in [0.2, 0.25) is 0 Å². The number of hydrogen-bond donors (Lipinski definition) is 1. The maximum absolute atomic E-state index is 9.60. The van der Waals surface area contributed by atoms with Crippen LogP contribution in [0.15, 0.2) is 25.3 Å². The van der Waals surface area contributed by atoms with Gasteiger partial charge in [0.15, 0.2) is 0 Å². The van der Waals surface area contributed by atoms with Gasteiger partial charge in [0.25, 0.3) is 6.47 Å². The zero-order valence-corrected chi connectivity index (χ0v) is 13.0. The van der Waals surface area contributed by atoms with Crippen molar-refractivity contribution in [1.29, 1.82) is 0 Å². The van der Waals surface area contributed by atoms with Crippen molar-refractivity contribution in [2.45, 2.75) is 45.3 Å². The Morgan fingerprint density at radius 1 is 1.35 bits per heavy atom. The Bertz CT molecular complexity index is 289. The van der Waals surface area contributed by atoms with E-state index in [9.17, 15) is 9.90 Å². The average molecular weight is 283 g/mol. The fourth-order valence-corrected chi connectivity index (χ4v) is 2.00. The van der Waals surface area contributed by atoms with E-state index < -0.39 is 0 Å². The van der Waals surface area contributed by atoms with Gasteiger partial charge in [-0.15, -0.1) is 13.2 Å². The molecule has 1 aliphatic rings. The van der Waals surface area contributed by atoms with E-state index in [1.807, 2.05) is 26.8 Å². The molecule has 1 atom stereocenters. The highest BCUT2D eigenvalue weighted by Gasteiger charge is 2.22. The summed E-state index contributed by atoms with van der Waals surface area (Å²) in [6.07, 6.45) is 5.41. The fourth-order valence-electron chi connectivity index (χ4n) is 2.00. The number of carbonyl (C=O) groups is 1. The molecule has 4 nitrogen and oxygen atoms in total. The lowest BCUT2D eigenvalue weighted by Gasteiger charge is -2.32. The lowest BCUT2D eigenvalue weighted by Crippen LogP contribution is -2.37. The van der Waals surface area contributed by atoms with E-state index in [1.54, 1.807) is 6.08 Å². The quantitative estimate of drug-likeness (QED) is 0.622. The highest BCUT2D eigenvalue weighted by atomic mass is 16.5. The lowest BCUT2D eigenvalue weighted by atomic mass is 9.91. The number of aliphatic hydroxyl groups is 1. The average Bonchev–Trinajstić information content (AvgIpc) is 2.38. The third-order valence-electron chi connectivity index (χ3n) is 3.15. The maximum Gasteiger partial charge on any atom is 0.293 e. The van der Waals surface area contributed by atoms with Gasteiger partial charge in [0, 0.05) is 6.54 Å². The second-order valence-electron chi connectivity index (χ2n) is 5.98. The molecule has 20 heavy (non-hydrogen) atoms. The smallest absolute Gasteiger partial charge is 0.293 e. The van der Waals surface area contributed by atoms with Gasteiger partial charge in [-0.1, -0.05) is 12.2 Å². The molecule has 4 heteroatoms. The minimum atomic E-state index is -0.318. The number of aliphatic hydroxyl groups excluding tert-OH is 1. The summed E-state index contributed by atoms with van der Waals surface area (Å²) < 4.78 is 4.55. The molecular formula is C16H29NO3. The van der Waals surface area contributed by atoms with E-state index in [1.165, 1.54) is 0 Å². The van der Waals surface area contributed by atoms with Gasteiger partial charge < -0.3 is 9.84 Å². The summed E-state index contributed by atoms with van der Waals surface area (Å²) in [5.74, 6) is 0.415. The van der Waals surface area contributed by atoms with Gasteiger partial charge in [-0.3, -0.25) is 9.69 Å². The van der Waals surface area contributed by atoms with Crippen molar-refractivity contribution in [3.8, 4) is 0 Å². The van der Waals surface area contributed by atoms with Crippen molar-refractivity contribution in [2.75, 3.05) is 19.6 Å². The van der Waals surface area contributed by atoms with Crippen LogP contribution in [0.4, 0.5) is 0 Å². The molecule has 0 amide bonds. The molecule has 0 aromatic rings. The van der Waals surface area contributed by atoms with E-state index in [0.717, 1.165) is 32.5 Å². The van der Waals surface area contributed by atoms with Gasteiger partial charge in [0.1, 0.15) is 5.60 Å². The van der Waals surface area contributed by atoms with Crippen LogP contribution in [0, 0.1) is 5.92 Å². The largest absolute Gasteiger partial charge is 0.462 e. The van der Waals surface area contributed by atoms with Crippen LogP contribution in [0.3, 0.4) is 0 Å². The van der Waals surface area contributed by atoms with Crippen LogP contribution in [0.2, 0.25) is 0 Å². The highest BCUT2D eigenvalue weighted by molar-refractivity contribution is 5.37. The second-order valence-corrected chi connectivity index (χ2v) is 5.98. The number of hydrogen-bond acceptors (Lipinski definition) is 4. The molecule has 0 aliphatic carbocycles. The number of rotatable bonds is 5. The molecule has 1 aliphatic heterocycles. The summed E-state index contributed by atoms with van der Waals surface area (Å²) in [6.45, 7) is 16.4. The number of piperidine rings is 1. The van der Waals surface area contributed by atoms with Crippen LogP contribution in [0.25, 0.3) is 0 Å². The number of nitrogens with zero attached hydrogens (tertiary/aromatic N) is 1. The Labute approximate surface area is 123 Å². The first-order valence-electron chi connectivity index (χ1n) is 7.09. The van der Waals surface area contributed by atoms with Crippen LogP contribution < -0.4 is 0 Å². The Morgan fingerprint density at radius 3 is 2.20 bits per heavy atom. The predicted octanol–water partition coefficient (Wildman–Crippen LogP) is 2.39. The van der Waals surface area contributed by atoms with Crippen LogP contribution in [-0.2, 0) is 9.53 Å². The zero-order valence-electron chi connectivity index (χ0n) is 13.0. The first-order valence-corrected chi connectivity index (χ1v) is 7.09. The third-order valence-corrected chi connectivity index (χ3v) is 3.15. The van der Waals surface area contributed by atoms with E-state index in [2.05, 4.69) is 22.8 Å². The normalized spacial score (nSPS) is 18.4. The van der Waals surface area contributed by atoms with Crippen molar-refractivity contribution in [2.24, 2.45) is 5.92 Å². The first-order chi connectivity index (χ1) is 9.34. The monoisotopic (exact) mass is 283 g/mol. The van der Waals surface area contributed by atoms with E-state index >= 15 is 0 Å². The Kier molecular flexibility index (Phi) is 9.17. The lowest BCUT2D eigenvalue weighted by molar-refractivity contribution is -0.138. The van der Waals surface area contributed by atoms with Gasteiger partial charge in [0.05, 0.1) is 6.10 Å². The molecular weight excluding hydrogens is 254 g/mol. The SMILES string of the molecule is C=CCN1CCC(C(O)C=C)CC1.CC(C)(C)OC=O. The van der Waals surface area contributed by atoms with E-state index in [-0.39, 0.29) is 11.7 Å². The molecule has 0 bridgehead atoms. The molecule has 1 unspecified atom stereocenters. The summed E-state index contributed by atoms with van der Waals surface area (Å²) in [7, 11) is 0. The zero-order chi connectivity index (χ0) is 15.6. The molecule has 0 aromatic carbocycles. The minimum absolute atomic E-state index is 0.314. The van der Waals surface area contributed by atoms with Crippen LogP contribution in [-0.4, -0.2) is 47.8 Å². The summed E-state index contributed by atoms with van der Waals surface area (Å²) >= 11 is 0. The maximum atomic E-state index is 9.60. The van der Waals surface area contributed by atoms with Gasteiger partial charge in [-0.05, 0) is 52.6 Å². The van der Waals surface area contributed by atoms with Gasteiger partial charge in [-0.2, -0.15) is 0 Å². The minimum Gasteiger partial charge on any atom is -0.462 e. The number of likely N-dealkylation sites (tertiary alicyclic amines) is 1. The summed E-state index contributed by atoms with van der Waals surface area (Å²) in [6, 6.07) is 0. The Balaban J connectivity index is 0.000000441. The van der Waals surface area contributed by atoms with Crippen molar-refractivity contribution in [1.82, 2.24) is 4.90 Å². The van der Waals surface area contributed by atoms with Crippen LogP contribution in [0.5, 0.6) is 0 Å². The predicted molar refractivity (Wildman–Crippen MR) is 82.5 cm³/mol. The summed E-state index contributed by atoms with van der Waals surface area (Å²) in [5.41, 5.74) is -0.318. The van der Waals surface area contributed by atoms with Crippen molar-refractivity contribution in [3.63, 3.8) is 0 Å². The molecule has 0 spiro atoms. The van der Waals surface area contributed by atoms with Crippen molar-refractivity contribution < 1.29 is 14.6 Å². The van der Waals surface area contributed by atoms with Crippen LogP contribution in [0.1, 0.15) is 33.6 Å². The summed E-state index contributed by atoms with van der Waals surface area (Å²) in [4.78, 5) is 12.0. The number of carbonyl (C=O) groups excluding carboxylic acids is 1. The van der Waals surface area contributed by atoms with Crippen molar-refractivity contribution >= 4 is 6.47 Å². The van der Waals surface area contributed by atoms with E-state index in [4.69, 9.17) is 0 Å². The Morgan fingerprint density at radius 2 is 1.90 bits per heavy atom. The first kappa shape index (κ1) is 18.9. The molecule has 1 N–H and O–H groups in total. The number of ether oxygens (including phenoxy) is 1. The third kappa shape index (κ3) is 8.88. The second kappa shape index (κ2) is 9.72. The Hall–Kier alpha value is -1.13. The van der Waals surface area contributed by atoms with E-state index in [0.29, 0.717) is 12.4 Å². The molecule has 116 valence electrons.